The van der Waals surface area contributed by atoms with Crippen LogP contribution in [0.15, 0.2) is 34.7 Å². The molecule has 3 heteroatoms. The molecule has 1 N–H and O–H groups in total. The first-order valence-electron chi connectivity index (χ1n) is 6.56. The number of carbonyl (C=O) groups is 1. The van der Waals surface area contributed by atoms with E-state index < -0.39 is 0 Å². The fourth-order valence-corrected chi connectivity index (χ4v) is 2.55. The molecule has 0 spiro atoms. The van der Waals surface area contributed by atoms with Gasteiger partial charge >= 0.3 is 0 Å². The zero-order valence-corrected chi connectivity index (χ0v) is 10.3. The van der Waals surface area contributed by atoms with Gasteiger partial charge in [-0.25, -0.2) is 0 Å². The van der Waals surface area contributed by atoms with E-state index in [0.29, 0.717) is 6.42 Å². The Bertz CT molecular complexity index is 519. The first-order valence-corrected chi connectivity index (χ1v) is 6.56. The molecule has 0 amide bonds. The van der Waals surface area contributed by atoms with Crippen LogP contribution in [0.25, 0.3) is 11.0 Å². The summed E-state index contributed by atoms with van der Waals surface area (Å²) in [6.45, 7) is 0.955. The molecule has 2 heterocycles. The Kier molecular flexibility index (Phi) is 3.15. The topological polar surface area (TPSA) is 42.2 Å². The van der Waals surface area contributed by atoms with E-state index >= 15 is 0 Å². The molecule has 1 unspecified atom stereocenters. The number of carbonyl (C=O) groups excluding carboxylic acids is 1. The molecule has 1 saturated heterocycles. The second-order valence-electron chi connectivity index (χ2n) is 4.90. The van der Waals surface area contributed by atoms with Gasteiger partial charge < -0.3 is 9.73 Å². The van der Waals surface area contributed by atoms with Crippen LogP contribution in [0.5, 0.6) is 0 Å². The molecule has 0 radical (unpaired) electrons. The van der Waals surface area contributed by atoms with Crippen molar-refractivity contribution in [2.24, 2.45) is 0 Å². The van der Waals surface area contributed by atoms with Crippen molar-refractivity contribution in [1.82, 2.24) is 5.32 Å². The maximum Gasteiger partial charge on any atom is 0.157 e. The van der Waals surface area contributed by atoms with Gasteiger partial charge in [0.15, 0.2) is 5.78 Å². The molecule has 0 aliphatic carbocycles. The van der Waals surface area contributed by atoms with Gasteiger partial charge in [0.2, 0.25) is 0 Å². The third-order valence-corrected chi connectivity index (χ3v) is 3.52. The number of hydrogen-bond acceptors (Lipinski definition) is 3. The first-order chi connectivity index (χ1) is 8.83. The molecule has 1 aliphatic rings. The predicted molar refractivity (Wildman–Crippen MR) is 70.6 cm³/mol. The highest BCUT2D eigenvalue weighted by atomic mass is 16.3. The van der Waals surface area contributed by atoms with Gasteiger partial charge in [-0.2, -0.15) is 0 Å². The van der Waals surface area contributed by atoms with Crippen LogP contribution in [0.2, 0.25) is 0 Å². The normalized spacial score (nSPS) is 20.1. The van der Waals surface area contributed by atoms with Crippen LogP contribution < -0.4 is 5.32 Å². The lowest BCUT2D eigenvalue weighted by Crippen LogP contribution is -2.41. The highest BCUT2D eigenvalue weighted by Crippen LogP contribution is 2.20. The smallest absolute Gasteiger partial charge is 0.157 e. The van der Waals surface area contributed by atoms with Gasteiger partial charge in [-0.3, -0.25) is 4.79 Å². The highest BCUT2D eigenvalue weighted by Gasteiger charge is 2.21. The van der Waals surface area contributed by atoms with E-state index in [-0.39, 0.29) is 11.8 Å². The number of ketones is 1. The van der Waals surface area contributed by atoms with Crippen LogP contribution in [-0.4, -0.2) is 18.4 Å². The Morgan fingerprint density at radius 2 is 2.22 bits per heavy atom. The Balaban J connectivity index is 1.73. The summed E-state index contributed by atoms with van der Waals surface area (Å²) in [7, 11) is 0. The lowest BCUT2D eigenvalue weighted by Gasteiger charge is -2.21. The fourth-order valence-electron chi connectivity index (χ4n) is 2.55. The quantitative estimate of drug-likeness (QED) is 0.901. The molecule has 0 saturated carbocycles. The van der Waals surface area contributed by atoms with E-state index in [1.165, 1.54) is 6.42 Å². The lowest BCUT2D eigenvalue weighted by molar-refractivity contribution is -0.121. The molecule has 1 fully saturated rings. The maximum atomic E-state index is 12.1. The van der Waals surface area contributed by atoms with Crippen LogP contribution in [0.3, 0.4) is 0 Å². The van der Waals surface area contributed by atoms with Crippen molar-refractivity contribution in [2.75, 3.05) is 6.54 Å². The highest BCUT2D eigenvalue weighted by molar-refractivity contribution is 5.87. The van der Waals surface area contributed by atoms with Gasteiger partial charge in [0.25, 0.3) is 0 Å². The molecule has 1 aromatic carbocycles. The minimum Gasteiger partial charge on any atom is -0.461 e. The van der Waals surface area contributed by atoms with E-state index in [1.54, 1.807) is 0 Å². The van der Waals surface area contributed by atoms with E-state index in [9.17, 15) is 4.79 Å². The molecule has 94 valence electrons. The number of fused-ring (bicyclic) bond motifs is 1. The number of hydrogen-bond donors (Lipinski definition) is 1. The summed E-state index contributed by atoms with van der Waals surface area (Å²) in [4.78, 5) is 12.1. The van der Waals surface area contributed by atoms with Crippen molar-refractivity contribution in [3.63, 3.8) is 0 Å². The Hall–Kier alpha value is -1.61. The van der Waals surface area contributed by atoms with Gasteiger partial charge in [-0.1, -0.05) is 24.6 Å². The van der Waals surface area contributed by atoms with E-state index in [0.717, 1.165) is 36.1 Å². The minimum atomic E-state index is 0.0203. The van der Waals surface area contributed by atoms with Crippen molar-refractivity contribution in [1.29, 1.82) is 0 Å². The summed E-state index contributed by atoms with van der Waals surface area (Å²) in [6, 6.07) is 9.85. The van der Waals surface area contributed by atoms with Crippen molar-refractivity contribution < 1.29 is 9.21 Å². The summed E-state index contributed by atoms with van der Waals surface area (Å²) in [5.41, 5.74) is 0.858. The van der Waals surface area contributed by atoms with Crippen LogP contribution >= 0.6 is 0 Å². The standard InChI is InChI=1S/C15H17NO2/c17-14(13-6-3-4-8-16-13)10-12-9-11-5-1-2-7-15(11)18-12/h1-2,5,7,9,13,16H,3-4,6,8,10H2. The Morgan fingerprint density at radius 3 is 3.00 bits per heavy atom. The second kappa shape index (κ2) is 4.94. The van der Waals surface area contributed by atoms with Crippen LogP contribution in [0, 0.1) is 0 Å². The van der Waals surface area contributed by atoms with Crippen molar-refractivity contribution in [3.05, 3.63) is 36.1 Å². The summed E-state index contributed by atoms with van der Waals surface area (Å²) in [5, 5.41) is 4.35. The SMILES string of the molecule is O=C(Cc1cc2ccccc2o1)C1CCCCN1. The molecule has 1 aromatic heterocycles. The van der Waals surface area contributed by atoms with Crippen molar-refractivity contribution >= 4 is 16.8 Å². The number of furan rings is 1. The lowest BCUT2D eigenvalue weighted by atomic mass is 9.99. The minimum absolute atomic E-state index is 0.0203. The molecule has 3 nitrogen and oxygen atoms in total. The number of para-hydroxylation sites is 1. The van der Waals surface area contributed by atoms with Crippen molar-refractivity contribution in [3.8, 4) is 0 Å². The molecule has 3 rings (SSSR count). The molecule has 1 aliphatic heterocycles. The Labute approximate surface area is 106 Å². The summed E-state index contributed by atoms with van der Waals surface area (Å²) in [5.74, 6) is 1.02. The number of benzene rings is 1. The summed E-state index contributed by atoms with van der Waals surface area (Å²) in [6.07, 6.45) is 3.67. The third-order valence-electron chi connectivity index (χ3n) is 3.52. The molecule has 0 bridgehead atoms. The van der Waals surface area contributed by atoms with Gasteiger partial charge in [-0.15, -0.1) is 0 Å². The number of piperidine rings is 1. The maximum absolute atomic E-state index is 12.1. The molecule has 2 aromatic rings. The largest absolute Gasteiger partial charge is 0.461 e. The van der Waals surface area contributed by atoms with Gasteiger partial charge in [0, 0.05) is 5.39 Å². The number of rotatable bonds is 3. The molecule has 18 heavy (non-hydrogen) atoms. The van der Waals surface area contributed by atoms with E-state index in [1.807, 2.05) is 30.3 Å². The molecule has 1 atom stereocenters. The van der Waals surface area contributed by atoms with Crippen LogP contribution in [0.1, 0.15) is 25.0 Å². The van der Waals surface area contributed by atoms with Crippen LogP contribution in [-0.2, 0) is 11.2 Å². The van der Waals surface area contributed by atoms with Crippen LogP contribution in [0.4, 0.5) is 0 Å². The number of nitrogens with one attached hydrogen (secondary N) is 1. The Morgan fingerprint density at radius 1 is 1.33 bits per heavy atom. The third kappa shape index (κ3) is 2.31. The monoisotopic (exact) mass is 243 g/mol. The summed E-state index contributed by atoms with van der Waals surface area (Å²) < 4.78 is 5.68. The molecular weight excluding hydrogens is 226 g/mol. The average Bonchev–Trinajstić information content (AvgIpc) is 2.82. The summed E-state index contributed by atoms with van der Waals surface area (Å²) >= 11 is 0. The fraction of sp³-hybridized carbons (Fsp3) is 0.400. The van der Waals surface area contributed by atoms with Gasteiger partial charge in [0.05, 0.1) is 12.5 Å². The first kappa shape index (κ1) is 11.5. The van der Waals surface area contributed by atoms with E-state index in [4.69, 9.17) is 4.42 Å². The van der Waals surface area contributed by atoms with Gasteiger partial charge in [-0.05, 0) is 31.5 Å². The second-order valence-corrected chi connectivity index (χ2v) is 4.90. The molecular formula is C15H17NO2. The zero-order valence-electron chi connectivity index (χ0n) is 10.3. The van der Waals surface area contributed by atoms with Gasteiger partial charge in [0.1, 0.15) is 11.3 Å². The predicted octanol–water partition coefficient (Wildman–Crippen LogP) is 2.69. The zero-order chi connectivity index (χ0) is 12.4. The average molecular weight is 243 g/mol. The van der Waals surface area contributed by atoms with Crippen molar-refractivity contribution in [2.45, 2.75) is 31.7 Å². The number of Topliss-reactive ketones (excluding diaryl/α,β-unsaturated/α-hetero) is 1. The van der Waals surface area contributed by atoms with E-state index in [2.05, 4.69) is 5.32 Å².